The third kappa shape index (κ3) is 5.13. The van der Waals surface area contributed by atoms with Crippen LogP contribution in [0.25, 0.3) is 0 Å². The summed E-state index contributed by atoms with van der Waals surface area (Å²) in [5.74, 6) is -4.74. The van der Waals surface area contributed by atoms with Gasteiger partial charge in [-0.2, -0.15) is 13.2 Å². The number of hydrogen-bond acceptors (Lipinski definition) is 4. The van der Waals surface area contributed by atoms with Crippen molar-refractivity contribution in [3.05, 3.63) is 28.8 Å². The summed E-state index contributed by atoms with van der Waals surface area (Å²) >= 11 is 5.80. The zero-order chi connectivity index (χ0) is 17.8. The lowest BCUT2D eigenvalue weighted by atomic mass is 10.0. The highest BCUT2D eigenvalue weighted by molar-refractivity contribution is 6.32. The van der Waals surface area contributed by atoms with Gasteiger partial charge in [0.2, 0.25) is 0 Å². The van der Waals surface area contributed by atoms with Crippen LogP contribution < -0.4 is 10.1 Å². The number of carboxylic acids is 1. The summed E-state index contributed by atoms with van der Waals surface area (Å²) in [6, 6.07) is 1.79. The van der Waals surface area contributed by atoms with Crippen LogP contribution >= 0.6 is 11.6 Å². The quantitative estimate of drug-likeness (QED) is 0.764. The molecular weight excluding hydrogens is 343 g/mol. The normalized spacial score (nSPS) is 12.4. The van der Waals surface area contributed by atoms with Crippen LogP contribution in [0, 0.1) is 0 Å². The Balaban J connectivity index is 2.88. The van der Waals surface area contributed by atoms with Crippen LogP contribution in [0.15, 0.2) is 18.2 Å². The van der Waals surface area contributed by atoms with Crippen molar-refractivity contribution < 1.29 is 37.4 Å². The van der Waals surface area contributed by atoms with Gasteiger partial charge in [-0.25, -0.2) is 4.79 Å². The monoisotopic (exact) mass is 353 g/mol. The second kappa shape index (κ2) is 7.32. The molecule has 10 heteroatoms. The van der Waals surface area contributed by atoms with Gasteiger partial charge in [0.1, 0.15) is 11.8 Å². The fourth-order valence-electron chi connectivity index (χ4n) is 1.58. The van der Waals surface area contributed by atoms with E-state index in [-0.39, 0.29) is 16.3 Å². The molecule has 0 aromatic heterocycles. The van der Waals surface area contributed by atoms with Gasteiger partial charge in [0, 0.05) is 12.0 Å². The molecule has 0 bridgehead atoms. The topological polar surface area (TPSA) is 92.7 Å². The highest BCUT2D eigenvalue weighted by Crippen LogP contribution is 2.25. The predicted octanol–water partition coefficient (Wildman–Crippen LogP) is 2.05. The highest BCUT2D eigenvalue weighted by Gasteiger charge is 2.41. The molecule has 0 saturated heterocycles. The van der Waals surface area contributed by atoms with Crippen molar-refractivity contribution in [2.75, 3.05) is 7.11 Å². The third-order valence-corrected chi connectivity index (χ3v) is 3.02. The molecule has 126 valence electrons. The standard InChI is InChI=1S/C13H11ClF3NO5/c1-23-10-3-2-6(4-7(10)14)9(19)5-8(11(20)21)18-12(22)13(15,16)17/h2-4,8H,5H2,1H3,(H,18,22)(H,20,21). The van der Waals surface area contributed by atoms with Crippen molar-refractivity contribution in [2.24, 2.45) is 0 Å². The maximum absolute atomic E-state index is 12.1. The van der Waals surface area contributed by atoms with E-state index >= 15 is 0 Å². The molecule has 0 radical (unpaired) electrons. The number of hydrogen-bond donors (Lipinski definition) is 2. The van der Waals surface area contributed by atoms with E-state index in [9.17, 15) is 27.6 Å². The van der Waals surface area contributed by atoms with Crippen LogP contribution in [0.4, 0.5) is 13.2 Å². The molecule has 1 amide bonds. The number of methoxy groups -OCH3 is 1. The van der Waals surface area contributed by atoms with Gasteiger partial charge in [0.05, 0.1) is 12.1 Å². The molecule has 0 aliphatic carbocycles. The molecule has 1 rings (SSSR count). The molecule has 0 aliphatic rings. The number of Topliss-reactive ketones (excluding diaryl/α,β-unsaturated/α-hetero) is 1. The van der Waals surface area contributed by atoms with Crippen LogP contribution in [-0.2, 0) is 9.59 Å². The maximum Gasteiger partial charge on any atom is 0.471 e. The van der Waals surface area contributed by atoms with Crippen LogP contribution in [0.5, 0.6) is 5.75 Å². The van der Waals surface area contributed by atoms with Crippen molar-refractivity contribution in [3.8, 4) is 5.75 Å². The fraction of sp³-hybridized carbons (Fsp3) is 0.308. The van der Waals surface area contributed by atoms with Crippen molar-refractivity contribution in [2.45, 2.75) is 18.6 Å². The number of ketones is 1. The fourth-order valence-corrected chi connectivity index (χ4v) is 1.84. The van der Waals surface area contributed by atoms with Gasteiger partial charge in [0.25, 0.3) is 0 Å². The Morgan fingerprint density at radius 2 is 1.96 bits per heavy atom. The van der Waals surface area contributed by atoms with E-state index in [0.717, 1.165) is 0 Å². The van der Waals surface area contributed by atoms with Crippen molar-refractivity contribution in [1.82, 2.24) is 5.32 Å². The Kier molecular flexibility index (Phi) is 5.97. The van der Waals surface area contributed by atoms with E-state index in [1.165, 1.54) is 30.6 Å². The minimum absolute atomic E-state index is 0.0247. The second-order valence-corrected chi connectivity index (χ2v) is 4.75. The van der Waals surface area contributed by atoms with Crippen LogP contribution in [0.3, 0.4) is 0 Å². The van der Waals surface area contributed by atoms with Crippen molar-refractivity contribution >= 4 is 29.3 Å². The van der Waals surface area contributed by atoms with E-state index in [1.54, 1.807) is 0 Å². The summed E-state index contributed by atoms with van der Waals surface area (Å²) in [7, 11) is 1.34. The highest BCUT2D eigenvalue weighted by atomic mass is 35.5. The zero-order valence-corrected chi connectivity index (χ0v) is 12.4. The lowest BCUT2D eigenvalue weighted by Gasteiger charge is -2.15. The Bertz CT molecular complexity index is 633. The van der Waals surface area contributed by atoms with Gasteiger partial charge >= 0.3 is 18.1 Å². The van der Waals surface area contributed by atoms with Gasteiger partial charge in [0.15, 0.2) is 5.78 Å². The summed E-state index contributed by atoms with van der Waals surface area (Å²) in [5.41, 5.74) is -0.0247. The number of halogens is 4. The number of alkyl halides is 3. The molecule has 0 heterocycles. The molecule has 1 aromatic carbocycles. The number of amides is 1. The number of carbonyl (C=O) groups is 3. The molecule has 23 heavy (non-hydrogen) atoms. The van der Waals surface area contributed by atoms with Crippen LogP contribution in [-0.4, -0.2) is 42.1 Å². The van der Waals surface area contributed by atoms with Crippen molar-refractivity contribution in [1.29, 1.82) is 0 Å². The summed E-state index contributed by atoms with van der Waals surface area (Å²) in [6.45, 7) is 0. The lowest BCUT2D eigenvalue weighted by molar-refractivity contribution is -0.175. The Morgan fingerprint density at radius 1 is 1.35 bits per heavy atom. The summed E-state index contributed by atoms with van der Waals surface area (Å²) < 4.78 is 41.3. The largest absolute Gasteiger partial charge is 0.495 e. The number of ether oxygens (including phenoxy) is 1. The first-order valence-electron chi connectivity index (χ1n) is 6.03. The Labute approximate surface area is 133 Å². The number of carboxylic acid groups (broad SMARTS) is 1. The van der Waals surface area contributed by atoms with Gasteiger partial charge in [-0.1, -0.05) is 11.6 Å². The number of aliphatic carboxylic acids is 1. The molecule has 0 aliphatic heterocycles. The number of benzene rings is 1. The van der Waals surface area contributed by atoms with E-state index in [1.807, 2.05) is 0 Å². The first-order chi connectivity index (χ1) is 10.6. The van der Waals surface area contributed by atoms with Crippen LogP contribution in [0.1, 0.15) is 16.8 Å². The van der Waals surface area contributed by atoms with Crippen LogP contribution in [0.2, 0.25) is 5.02 Å². The van der Waals surface area contributed by atoms with Gasteiger partial charge < -0.3 is 15.2 Å². The number of carbonyl (C=O) groups excluding carboxylic acids is 2. The van der Waals surface area contributed by atoms with Gasteiger partial charge in [-0.15, -0.1) is 0 Å². The molecule has 1 atom stereocenters. The summed E-state index contributed by atoms with van der Waals surface area (Å²) in [6.07, 6.45) is -6.11. The number of rotatable bonds is 6. The first kappa shape index (κ1) is 18.8. The number of nitrogens with one attached hydrogen (secondary N) is 1. The molecular formula is C13H11ClF3NO5. The zero-order valence-electron chi connectivity index (χ0n) is 11.6. The molecule has 1 aromatic rings. The molecule has 2 N–H and O–H groups in total. The smallest absolute Gasteiger partial charge is 0.471 e. The average Bonchev–Trinajstić information content (AvgIpc) is 2.44. The third-order valence-electron chi connectivity index (χ3n) is 2.72. The van der Waals surface area contributed by atoms with E-state index < -0.39 is 36.3 Å². The minimum atomic E-state index is -5.25. The Hall–Kier alpha value is -2.29. The maximum atomic E-state index is 12.1. The van der Waals surface area contributed by atoms with E-state index in [0.29, 0.717) is 0 Å². The summed E-state index contributed by atoms with van der Waals surface area (Å²) in [4.78, 5) is 33.6. The molecule has 0 saturated carbocycles. The minimum Gasteiger partial charge on any atom is -0.495 e. The molecule has 1 unspecified atom stereocenters. The molecule has 0 spiro atoms. The molecule has 6 nitrogen and oxygen atoms in total. The van der Waals surface area contributed by atoms with Gasteiger partial charge in [-0.3, -0.25) is 9.59 Å². The van der Waals surface area contributed by atoms with E-state index in [2.05, 4.69) is 0 Å². The Morgan fingerprint density at radius 3 is 2.39 bits per heavy atom. The first-order valence-corrected chi connectivity index (χ1v) is 6.41. The van der Waals surface area contributed by atoms with Gasteiger partial charge in [-0.05, 0) is 18.2 Å². The average molecular weight is 354 g/mol. The van der Waals surface area contributed by atoms with E-state index in [4.69, 9.17) is 21.4 Å². The second-order valence-electron chi connectivity index (χ2n) is 4.34. The molecule has 0 fully saturated rings. The SMILES string of the molecule is COc1ccc(C(=O)CC(NC(=O)C(F)(F)F)C(=O)O)cc1Cl. The summed E-state index contributed by atoms with van der Waals surface area (Å²) in [5, 5.41) is 10.2. The lowest BCUT2D eigenvalue weighted by Crippen LogP contribution is -2.47. The predicted molar refractivity (Wildman–Crippen MR) is 72.6 cm³/mol. The van der Waals surface area contributed by atoms with Crippen molar-refractivity contribution in [3.63, 3.8) is 0 Å².